The highest BCUT2D eigenvalue weighted by molar-refractivity contribution is 5.81. The number of nitrogens with one attached hydrogen (secondary N) is 1. The number of anilines is 1. The molecule has 2 aliphatic rings. The van der Waals surface area contributed by atoms with Gasteiger partial charge in [0.25, 0.3) is 0 Å². The van der Waals surface area contributed by atoms with Crippen molar-refractivity contribution in [3.63, 3.8) is 0 Å². The van der Waals surface area contributed by atoms with E-state index < -0.39 is 0 Å². The minimum atomic E-state index is -0.320. The second kappa shape index (κ2) is 5.15. The minimum Gasteiger partial charge on any atom is -0.365 e. The largest absolute Gasteiger partial charge is 0.365 e. The average molecular weight is 263 g/mol. The zero-order valence-corrected chi connectivity index (χ0v) is 10.8. The summed E-state index contributed by atoms with van der Waals surface area (Å²) in [5.41, 5.74) is 0. The van der Waals surface area contributed by atoms with E-state index in [0.717, 1.165) is 38.8 Å². The zero-order chi connectivity index (χ0) is 13.2. The molecular weight excluding hydrogens is 245 g/mol. The Morgan fingerprint density at radius 2 is 2.05 bits per heavy atom. The molecule has 1 amide bonds. The molecular formula is C14H18FN3O. The SMILES string of the molecule is O=C(C1CC1)N1CCC(Nc2ncccc2F)CC1. The number of rotatable bonds is 3. The summed E-state index contributed by atoms with van der Waals surface area (Å²) in [6, 6.07) is 3.19. The lowest BCUT2D eigenvalue weighted by Crippen LogP contribution is -2.43. The number of carbonyl (C=O) groups excluding carboxylic acids is 1. The number of likely N-dealkylation sites (tertiary alicyclic amines) is 1. The first-order valence-electron chi connectivity index (χ1n) is 6.90. The molecule has 1 aliphatic carbocycles. The van der Waals surface area contributed by atoms with E-state index in [-0.39, 0.29) is 17.8 Å². The van der Waals surface area contributed by atoms with Crippen molar-refractivity contribution in [2.45, 2.75) is 31.7 Å². The Morgan fingerprint density at radius 3 is 2.68 bits per heavy atom. The first-order valence-corrected chi connectivity index (χ1v) is 6.90. The predicted molar refractivity (Wildman–Crippen MR) is 70.1 cm³/mol. The lowest BCUT2D eigenvalue weighted by molar-refractivity contribution is -0.133. The van der Waals surface area contributed by atoms with Gasteiger partial charge >= 0.3 is 0 Å². The Hall–Kier alpha value is -1.65. The van der Waals surface area contributed by atoms with Gasteiger partial charge in [-0.3, -0.25) is 4.79 Å². The van der Waals surface area contributed by atoms with E-state index in [1.807, 2.05) is 4.90 Å². The van der Waals surface area contributed by atoms with E-state index in [1.54, 1.807) is 12.3 Å². The van der Waals surface area contributed by atoms with Crippen molar-refractivity contribution in [3.8, 4) is 0 Å². The summed E-state index contributed by atoms with van der Waals surface area (Å²) in [5.74, 6) is 0.591. The van der Waals surface area contributed by atoms with E-state index in [1.165, 1.54) is 6.07 Å². The van der Waals surface area contributed by atoms with Crippen LogP contribution in [0.3, 0.4) is 0 Å². The molecule has 0 radical (unpaired) electrons. The Bertz CT molecular complexity index is 468. The van der Waals surface area contributed by atoms with Crippen LogP contribution in [0.2, 0.25) is 0 Å². The normalized spacial score (nSPS) is 20.4. The third-order valence-corrected chi connectivity index (χ3v) is 3.83. The molecule has 0 bridgehead atoms. The first-order chi connectivity index (χ1) is 9.24. The van der Waals surface area contributed by atoms with Gasteiger partial charge in [0.1, 0.15) is 0 Å². The molecule has 1 aliphatic heterocycles. The predicted octanol–water partition coefficient (Wildman–Crippen LogP) is 2.03. The summed E-state index contributed by atoms with van der Waals surface area (Å²) in [5, 5.41) is 3.13. The lowest BCUT2D eigenvalue weighted by Gasteiger charge is -2.32. The van der Waals surface area contributed by atoms with E-state index in [2.05, 4.69) is 10.3 Å². The minimum absolute atomic E-state index is 0.202. The second-order valence-electron chi connectivity index (χ2n) is 5.35. The van der Waals surface area contributed by atoms with Crippen molar-refractivity contribution in [3.05, 3.63) is 24.1 Å². The van der Waals surface area contributed by atoms with Crippen molar-refractivity contribution in [2.75, 3.05) is 18.4 Å². The summed E-state index contributed by atoms with van der Waals surface area (Å²) in [7, 11) is 0. The number of hydrogen-bond donors (Lipinski definition) is 1. The number of hydrogen-bond acceptors (Lipinski definition) is 3. The lowest BCUT2D eigenvalue weighted by atomic mass is 10.0. The van der Waals surface area contributed by atoms with Crippen LogP contribution in [-0.2, 0) is 4.79 Å². The Kier molecular flexibility index (Phi) is 3.36. The van der Waals surface area contributed by atoms with Crippen molar-refractivity contribution in [1.29, 1.82) is 0 Å². The van der Waals surface area contributed by atoms with Gasteiger partial charge in [-0.1, -0.05) is 0 Å². The van der Waals surface area contributed by atoms with Crippen LogP contribution < -0.4 is 5.32 Å². The quantitative estimate of drug-likeness (QED) is 0.907. The van der Waals surface area contributed by atoms with Gasteiger partial charge in [0.15, 0.2) is 11.6 Å². The molecule has 1 aromatic heterocycles. The zero-order valence-electron chi connectivity index (χ0n) is 10.8. The van der Waals surface area contributed by atoms with Crippen LogP contribution in [0.25, 0.3) is 0 Å². The van der Waals surface area contributed by atoms with E-state index >= 15 is 0 Å². The molecule has 1 saturated carbocycles. The monoisotopic (exact) mass is 263 g/mol. The van der Waals surface area contributed by atoms with Crippen LogP contribution in [0, 0.1) is 11.7 Å². The van der Waals surface area contributed by atoms with E-state index in [0.29, 0.717) is 11.7 Å². The topological polar surface area (TPSA) is 45.2 Å². The number of piperidine rings is 1. The molecule has 1 aromatic rings. The van der Waals surface area contributed by atoms with E-state index in [9.17, 15) is 9.18 Å². The van der Waals surface area contributed by atoms with Crippen LogP contribution in [0.4, 0.5) is 10.2 Å². The van der Waals surface area contributed by atoms with Crippen molar-refractivity contribution >= 4 is 11.7 Å². The average Bonchev–Trinajstić information content (AvgIpc) is 3.26. The number of aromatic nitrogens is 1. The standard InChI is InChI=1S/C14H18FN3O/c15-12-2-1-7-16-13(12)17-11-5-8-18(9-6-11)14(19)10-3-4-10/h1-2,7,10-11H,3-6,8-9H2,(H,16,17). The van der Waals surface area contributed by atoms with Crippen molar-refractivity contribution < 1.29 is 9.18 Å². The number of amides is 1. The molecule has 0 spiro atoms. The molecule has 0 unspecified atom stereocenters. The third-order valence-electron chi connectivity index (χ3n) is 3.83. The molecule has 19 heavy (non-hydrogen) atoms. The van der Waals surface area contributed by atoms with E-state index in [4.69, 9.17) is 0 Å². The van der Waals surface area contributed by atoms with Gasteiger partial charge < -0.3 is 10.2 Å². The van der Waals surface area contributed by atoms with Gasteiger partial charge in [0, 0.05) is 31.2 Å². The summed E-state index contributed by atoms with van der Waals surface area (Å²) in [6.07, 6.45) is 5.40. The number of pyridine rings is 1. The molecule has 102 valence electrons. The fourth-order valence-corrected chi connectivity index (χ4v) is 2.52. The molecule has 0 aromatic carbocycles. The van der Waals surface area contributed by atoms with Gasteiger partial charge in [0.05, 0.1) is 0 Å². The van der Waals surface area contributed by atoms with Crippen LogP contribution in [-0.4, -0.2) is 34.9 Å². The fourth-order valence-electron chi connectivity index (χ4n) is 2.52. The molecule has 3 rings (SSSR count). The number of nitrogens with zero attached hydrogens (tertiary/aromatic N) is 2. The van der Waals surface area contributed by atoms with Crippen molar-refractivity contribution in [2.24, 2.45) is 5.92 Å². The van der Waals surface area contributed by atoms with Gasteiger partial charge in [-0.15, -0.1) is 0 Å². The summed E-state index contributed by atoms with van der Waals surface area (Å²) in [6.45, 7) is 1.53. The molecule has 5 heteroatoms. The van der Waals surface area contributed by atoms with Crippen LogP contribution in [0.1, 0.15) is 25.7 Å². The highest BCUT2D eigenvalue weighted by atomic mass is 19.1. The second-order valence-corrected chi connectivity index (χ2v) is 5.35. The van der Waals surface area contributed by atoms with Crippen LogP contribution in [0.5, 0.6) is 0 Å². The maximum absolute atomic E-state index is 13.5. The Labute approximate surface area is 112 Å². The van der Waals surface area contributed by atoms with Gasteiger partial charge in [-0.25, -0.2) is 9.37 Å². The van der Waals surface area contributed by atoms with Crippen LogP contribution in [0.15, 0.2) is 18.3 Å². The Morgan fingerprint density at radius 1 is 1.32 bits per heavy atom. The van der Waals surface area contributed by atoms with Gasteiger partial charge in [0.2, 0.25) is 5.91 Å². The summed E-state index contributed by atoms with van der Waals surface area (Å²) in [4.78, 5) is 17.9. The summed E-state index contributed by atoms with van der Waals surface area (Å²) < 4.78 is 13.5. The number of halogens is 1. The highest BCUT2D eigenvalue weighted by Crippen LogP contribution is 2.32. The fraction of sp³-hybridized carbons (Fsp3) is 0.571. The third kappa shape index (κ3) is 2.85. The number of carbonyl (C=O) groups is 1. The Balaban J connectivity index is 1.53. The van der Waals surface area contributed by atoms with Gasteiger partial charge in [-0.05, 0) is 37.8 Å². The molecule has 0 atom stereocenters. The van der Waals surface area contributed by atoms with Gasteiger partial charge in [-0.2, -0.15) is 0 Å². The van der Waals surface area contributed by atoms with Crippen LogP contribution >= 0.6 is 0 Å². The molecule has 4 nitrogen and oxygen atoms in total. The molecule has 1 N–H and O–H groups in total. The van der Waals surface area contributed by atoms with Crippen molar-refractivity contribution in [1.82, 2.24) is 9.88 Å². The molecule has 2 fully saturated rings. The molecule has 2 heterocycles. The maximum Gasteiger partial charge on any atom is 0.225 e. The maximum atomic E-state index is 13.5. The summed E-state index contributed by atoms with van der Waals surface area (Å²) >= 11 is 0. The molecule has 1 saturated heterocycles. The first kappa shape index (κ1) is 12.4. The highest BCUT2D eigenvalue weighted by Gasteiger charge is 2.34. The smallest absolute Gasteiger partial charge is 0.225 e.